The molecule has 18 heavy (non-hydrogen) atoms. The van der Waals surface area contributed by atoms with Gasteiger partial charge < -0.3 is 10.5 Å². The Balaban J connectivity index is 2.13. The van der Waals surface area contributed by atoms with E-state index < -0.39 is 0 Å². The Morgan fingerprint density at radius 1 is 1.17 bits per heavy atom. The standard InChI is InChI=1S/C15H14FNO/c16-12-5-6-14-10(8-12)7-11(9-17)13-3-1-2-4-15(13)18-14/h1-6,8,11H,7,9,17H2/t11-/m1/s1. The van der Waals surface area contributed by atoms with Crippen molar-refractivity contribution in [3.8, 4) is 11.5 Å². The Labute approximate surface area is 105 Å². The molecule has 3 heteroatoms. The molecule has 0 aliphatic carbocycles. The van der Waals surface area contributed by atoms with Crippen LogP contribution in [0.1, 0.15) is 17.0 Å². The third-order valence-electron chi connectivity index (χ3n) is 3.35. The zero-order valence-electron chi connectivity index (χ0n) is 9.90. The number of rotatable bonds is 1. The van der Waals surface area contributed by atoms with Gasteiger partial charge in [-0.1, -0.05) is 18.2 Å². The van der Waals surface area contributed by atoms with E-state index in [1.54, 1.807) is 6.07 Å². The van der Waals surface area contributed by atoms with Gasteiger partial charge in [-0.15, -0.1) is 0 Å². The number of ether oxygens (including phenoxy) is 1. The second-order valence-corrected chi connectivity index (χ2v) is 4.53. The van der Waals surface area contributed by atoms with Crippen molar-refractivity contribution in [3.05, 3.63) is 59.4 Å². The van der Waals surface area contributed by atoms with E-state index in [2.05, 4.69) is 0 Å². The molecule has 0 radical (unpaired) electrons. The van der Waals surface area contributed by atoms with Crippen molar-refractivity contribution in [3.63, 3.8) is 0 Å². The highest BCUT2D eigenvalue weighted by atomic mass is 19.1. The van der Waals surface area contributed by atoms with Crippen LogP contribution in [0.4, 0.5) is 4.39 Å². The molecule has 2 N–H and O–H groups in total. The topological polar surface area (TPSA) is 35.2 Å². The van der Waals surface area contributed by atoms with Crippen molar-refractivity contribution in [1.82, 2.24) is 0 Å². The van der Waals surface area contributed by atoms with E-state index in [9.17, 15) is 4.39 Å². The van der Waals surface area contributed by atoms with Gasteiger partial charge in [-0.3, -0.25) is 0 Å². The number of halogens is 1. The summed E-state index contributed by atoms with van der Waals surface area (Å²) in [6, 6.07) is 12.5. The summed E-state index contributed by atoms with van der Waals surface area (Å²) in [5.74, 6) is 1.47. The molecule has 1 aliphatic rings. The average molecular weight is 243 g/mol. The molecule has 2 aromatic carbocycles. The van der Waals surface area contributed by atoms with Gasteiger partial charge in [0.25, 0.3) is 0 Å². The normalized spacial score (nSPS) is 17.3. The highest BCUT2D eigenvalue weighted by Gasteiger charge is 2.22. The van der Waals surface area contributed by atoms with Gasteiger partial charge in [0.2, 0.25) is 0 Å². The quantitative estimate of drug-likeness (QED) is 0.834. The first-order chi connectivity index (χ1) is 8.78. The fourth-order valence-corrected chi connectivity index (χ4v) is 2.42. The Hall–Kier alpha value is -1.87. The minimum absolute atomic E-state index is 0.171. The second-order valence-electron chi connectivity index (χ2n) is 4.53. The van der Waals surface area contributed by atoms with Gasteiger partial charge in [-0.25, -0.2) is 4.39 Å². The van der Waals surface area contributed by atoms with Crippen LogP contribution < -0.4 is 10.5 Å². The van der Waals surface area contributed by atoms with Crippen molar-refractivity contribution in [2.45, 2.75) is 12.3 Å². The molecular weight excluding hydrogens is 229 g/mol. The van der Waals surface area contributed by atoms with Gasteiger partial charge in [0, 0.05) is 5.92 Å². The molecule has 0 fully saturated rings. The van der Waals surface area contributed by atoms with Crippen molar-refractivity contribution in [2.24, 2.45) is 5.73 Å². The molecule has 1 aliphatic heterocycles. The third kappa shape index (κ3) is 1.87. The number of fused-ring (bicyclic) bond motifs is 2. The first kappa shape index (κ1) is 11.2. The van der Waals surface area contributed by atoms with Crippen LogP contribution in [0.15, 0.2) is 42.5 Å². The van der Waals surface area contributed by atoms with E-state index in [4.69, 9.17) is 10.5 Å². The van der Waals surface area contributed by atoms with E-state index in [1.807, 2.05) is 24.3 Å². The van der Waals surface area contributed by atoms with Crippen LogP contribution in [-0.4, -0.2) is 6.54 Å². The van der Waals surface area contributed by atoms with Crippen LogP contribution in [0.5, 0.6) is 11.5 Å². The van der Waals surface area contributed by atoms with Gasteiger partial charge in [-0.05, 0) is 48.4 Å². The molecule has 2 nitrogen and oxygen atoms in total. The maximum absolute atomic E-state index is 13.3. The first-order valence-corrected chi connectivity index (χ1v) is 6.03. The van der Waals surface area contributed by atoms with E-state index in [1.165, 1.54) is 12.1 Å². The van der Waals surface area contributed by atoms with Crippen molar-refractivity contribution in [2.75, 3.05) is 6.54 Å². The lowest BCUT2D eigenvalue weighted by Crippen LogP contribution is -2.14. The van der Waals surface area contributed by atoms with Crippen LogP contribution in [0, 0.1) is 5.82 Å². The minimum atomic E-state index is -0.237. The summed E-state index contributed by atoms with van der Waals surface area (Å²) in [5, 5.41) is 0. The van der Waals surface area contributed by atoms with E-state index in [0.717, 1.165) is 22.6 Å². The van der Waals surface area contributed by atoms with Crippen LogP contribution in [-0.2, 0) is 6.42 Å². The summed E-state index contributed by atoms with van der Waals surface area (Å²) >= 11 is 0. The number of hydrogen-bond donors (Lipinski definition) is 1. The maximum Gasteiger partial charge on any atom is 0.130 e. The highest BCUT2D eigenvalue weighted by Crippen LogP contribution is 2.38. The fraction of sp³-hybridized carbons (Fsp3) is 0.200. The summed E-state index contributed by atoms with van der Waals surface area (Å²) in [6.07, 6.45) is 0.709. The van der Waals surface area contributed by atoms with Crippen LogP contribution in [0.3, 0.4) is 0 Å². The predicted octanol–water partition coefficient (Wildman–Crippen LogP) is 3.22. The molecule has 0 amide bonds. The van der Waals surface area contributed by atoms with Crippen molar-refractivity contribution >= 4 is 0 Å². The van der Waals surface area contributed by atoms with Crippen LogP contribution in [0.25, 0.3) is 0 Å². The number of hydrogen-bond acceptors (Lipinski definition) is 2. The first-order valence-electron chi connectivity index (χ1n) is 6.03. The Bertz CT molecular complexity index is 582. The van der Waals surface area contributed by atoms with E-state index in [-0.39, 0.29) is 11.7 Å². The van der Waals surface area contributed by atoms with Gasteiger partial charge in [0.05, 0.1) is 0 Å². The Morgan fingerprint density at radius 2 is 2.00 bits per heavy atom. The number of nitrogens with two attached hydrogens (primary N) is 1. The summed E-state index contributed by atoms with van der Waals surface area (Å²) < 4.78 is 19.2. The lowest BCUT2D eigenvalue weighted by Gasteiger charge is -2.13. The van der Waals surface area contributed by atoms with Crippen molar-refractivity contribution in [1.29, 1.82) is 0 Å². The smallest absolute Gasteiger partial charge is 0.130 e. The predicted molar refractivity (Wildman–Crippen MR) is 68.4 cm³/mol. The van der Waals surface area contributed by atoms with E-state index in [0.29, 0.717) is 13.0 Å². The molecule has 2 aromatic rings. The molecule has 0 spiro atoms. The average Bonchev–Trinajstić information content (AvgIpc) is 2.54. The second kappa shape index (κ2) is 4.42. The van der Waals surface area contributed by atoms with Crippen molar-refractivity contribution < 1.29 is 9.13 Å². The third-order valence-corrected chi connectivity index (χ3v) is 3.35. The number of para-hydroxylation sites is 1. The molecule has 92 valence electrons. The zero-order valence-corrected chi connectivity index (χ0v) is 9.90. The molecular formula is C15H14FNO. The molecule has 0 bridgehead atoms. The lowest BCUT2D eigenvalue weighted by molar-refractivity contribution is 0.476. The molecule has 1 atom stereocenters. The minimum Gasteiger partial charge on any atom is -0.457 e. The lowest BCUT2D eigenvalue weighted by atomic mass is 9.92. The van der Waals surface area contributed by atoms with E-state index >= 15 is 0 Å². The van der Waals surface area contributed by atoms with Gasteiger partial charge in [0.15, 0.2) is 0 Å². The number of benzene rings is 2. The maximum atomic E-state index is 13.3. The molecule has 1 heterocycles. The van der Waals surface area contributed by atoms with Gasteiger partial charge in [-0.2, -0.15) is 0 Å². The molecule has 3 rings (SSSR count). The summed E-state index contributed by atoms with van der Waals surface area (Å²) in [5.41, 5.74) is 7.80. The Morgan fingerprint density at radius 3 is 2.83 bits per heavy atom. The highest BCUT2D eigenvalue weighted by molar-refractivity contribution is 5.47. The SMILES string of the molecule is NC[C@H]1Cc2cc(F)ccc2Oc2ccccc21. The Kier molecular flexibility index (Phi) is 2.76. The molecule has 0 saturated carbocycles. The summed E-state index contributed by atoms with van der Waals surface area (Å²) in [6.45, 7) is 0.524. The fourth-order valence-electron chi connectivity index (χ4n) is 2.42. The summed E-state index contributed by atoms with van der Waals surface area (Å²) in [7, 11) is 0. The van der Waals surface area contributed by atoms with Gasteiger partial charge in [0.1, 0.15) is 17.3 Å². The monoisotopic (exact) mass is 243 g/mol. The summed E-state index contributed by atoms with van der Waals surface area (Å²) in [4.78, 5) is 0. The molecule has 0 aromatic heterocycles. The zero-order chi connectivity index (χ0) is 12.5. The van der Waals surface area contributed by atoms with Crippen LogP contribution >= 0.6 is 0 Å². The van der Waals surface area contributed by atoms with Crippen LogP contribution in [0.2, 0.25) is 0 Å². The molecule has 0 unspecified atom stereocenters. The molecule has 0 saturated heterocycles. The van der Waals surface area contributed by atoms with Gasteiger partial charge >= 0.3 is 0 Å². The largest absolute Gasteiger partial charge is 0.457 e.